The predicted octanol–water partition coefficient (Wildman–Crippen LogP) is 7.56. The number of nitrogens with two attached hydrogens (primary N) is 1. The van der Waals surface area contributed by atoms with Gasteiger partial charge in [0.15, 0.2) is 5.82 Å². The van der Waals surface area contributed by atoms with E-state index in [0.717, 1.165) is 11.0 Å². The highest BCUT2D eigenvalue weighted by atomic mass is 35.5. The average Bonchev–Trinajstić information content (AvgIpc) is 3.19. The summed E-state index contributed by atoms with van der Waals surface area (Å²) >= 11 is 6.46. The van der Waals surface area contributed by atoms with Crippen molar-refractivity contribution in [1.82, 2.24) is 14.5 Å². The van der Waals surface area contributed by atoms with Gasteiger partial charge in [-0.2, -0.15) is 0 Å². The monoisotopic (exact) mass is 557 g/mol. The van der Waals surface area contributed by atoms with E-state index in [1.165, 1.54) is 39.2 Å². The SMILES string of the molecule is CC(C)(C)C(F)(F)c1cccc(Oc2ccc(Nc3ncnc4ccn(CCN)c34)cc2Cl)c1.Cl.Cl. The number of rotatable bonds is 7. The van der Waals surface area contributed by atoms with Crippen molar-refractivity contribution in [2.75, 3.05) is 11.9 Å². The molecule has 0 unspecified atom stereocenters. The van der Waals surface area contributed by atoms with Crippen LogP contribution in [0, 0.1) is 5.41 Å². The van der Waals surface area contributed by atoms with Crippen LogP contribution < -0.4 is 15.8 Å². The van der Waals surface area contributed by atoms with Crippen LogP contribution in [0.4, 0.5) is 20.3 Å². The Morgan fingerprint density at radius 2 is 1.81 bits per heavy atom. The van der Waals surface area contributed by atoms with Crippen LogP contribution in [-0.2, 0) is 12.5 Å². The molecule has 6 nitrogen and oxygen atoms in total. The van der Waals surface area contributed by atoms with Gasteiger partial charge in [-0.05, 0) is 36.4 Å². The first-order valence-electron chi connectivity index (χ1n) is 10.8. The molecule has 36 heavy (non-hydrogen) atoms. The molecule has 2 aromatic heterocycles. The van der Waals surface area contributed by atoms with E-state index in [0.29, 0.717) is 35.4 Å². The molecule has 0 aliphatic carbocycles. The minimum absolute atomic E-state index is 0. The van der Waals surface area contributed by atoms with E-state index in [1.807, 2.05) is 16.8 Å². The summed E-state index contributed by atoms with van der Waals surface area (Å²) in [5.41, 5.74) is 6.69. The summed E-state index contributed by atoms with van der Waals surface area (Å²) in [6.45, 7) is 5.62. The lowest BCUT2D eigenvalue weighted by molar-refractivity contribution is -0.104. The Balaban J connectivity index is 0.00000228. The summed E-state index contributed by atoms with van der Waals surface area (Å²) < 4.78 is 37.4. The van der Waals surface area contributed by atoms with Crippen molar-refractivity contribution in [2.24, 2.45) is 11.1 Å². The van der Waals surface area contributed by atoms with Gasteiger partial charge in [0.2, 0.25) is 0 Å². The molecule has 194 valence electrons. The number of hydrogen-bond donors (Lipinski definition) is 2. The largest absolute Gasteiger partial charge is 0.456 e. The quantitative estimate of drug-likeness (QED) is 0.245. The lowest BCUT2D eigenvalue weighted by atomic mass is 9.83. The molecule has 0 aliphatic rings. The summed E-state index contributed by atoms with van der Waals surface area (Å²) in [4.78, 5) is 8.65. The van der Waals surface area contributed by atoms with Crippen molar-refractivity contribution in [2.45, 2.75) is 33.2 Å². The lowest BCUT2D eigenvalue weighted by Gasteiger charge is -2.30. The molecule has 4 rings (SSSR count). The molecule has 0 bridgehead atoms. The highest BCUT2D eigenvalue weighted by Gasteiger charge is 2.44. The maximum Gasteiger partial charge on any atom is 0.278 e. The van der Waals surface area contributed by atoms with E-state index in [-0.39, 0.29) is 36.1 Å². The lowest BCUT2D eigenvalue weighted by Crippen LogP contribution is -2.31. The fraction of sp³-hybridized carbons (Fsp3) is 0.280. The van der Waals surface area contributed by atoms with Gasteiger partial charge in [0.25, 0.3) is 5.92 Å². The Bertz CT molecular complexity index is 1320. The number of hydrogen-bond acceptors (Lipinski definition) is 5. The van der Waals surface area contributed by atoms with Crippen molar-refractivity contribution < 1.29 is 13.5 Å². The second-order valence-electron chi connectivity index (χ2n) is 8.98. The Morgan fingerprint density at radius 1 is 1.06 bits per heavy atom. The molecule has 0 fully saturated rings. The standard InChI is InChI=1S/C25H26ClF2N5O.2ClH/c1-24(2,3)25(27,28)16-5-4-6-18(13-16)34-21-8-7-17(14-19(21)26)32-23-22-20(30-15-31-23)9-11-33(22)12-10-29;;/h4-9,11,13-15H,10,12,29H2,1-3H3,(H,30,31,32);2*1H. The third kappa shape index (κ3) is 6.00. The topological polar surface area (TPSA) is 78.0 Å². The molecule has 0 amide bonds. The zero-order chi connectivity index (χ0) is 24.5. The molecule has 0 radical (unpaired) electrons. The van der Waals surface area contributed by atoms with Crippen LogP contribution in [0.3, 0.4) is 0 Å². The van der Waals surface area contributed by atoms with Crippen molar-refractivity contribution in [3.8, 4) is 11.5 Å². The number of alkyl halides is 2. The van der Waals surface area contributed by atoms with E-state index in [4.69, 9.17) is 22.1 Å². The molecule has 2 aromatic carbocycles. The maximum absolute atomic E-state index is 14.8. The summed E-state index contributed by atoms with van der Waals surface area (Å²) in [5, 5.41) is 3.58. The highest BCUT2D eigenvalue weighted by molar-refractivity contribution is 6.32. The van der Waals surface area contributed by atoms with Gasteiger partial charge in [-0.1, -0.05) is 44.5 Å². The van der Waals surface area contributed by atoms with Crippen LogP contribution in [-0.4, -0.2) is 21.1 Å². The van der Waals surface area contributed by atoms with Crippen LogP contribution >= 0.6 is 36.4 Å². The molecule has 2 heterocycles. The molecule has 11 heteroatoms. The maximum atomic E-state index is 14.8. The smallest absolute Gasteiger partial charge is 0.278 e. The summed E-state index contributed by atoms with van der Waals surface area (Å²) in [5.74, 6) is -1.77. The number of anilines is 2. The zero-order valence-electron chi connectivity index (χ0n) is 20.0. The highest BCUT2D eigenvalue weighted by Crippen LogP contribution is 2.45. The number of ether oxygens (including phenoxy) is 1. The summed E-state index contributed by atoms with van der Waals surface area (Å²) in [6, 6.07) is 13.0. The van der Waals surface area contributed by atoms with E-state index >= 15 is 0 Å². The van der Waals surface area contributed by atoms with Crippen LogP contribution in [0.1, 0.15) is 26.3 Å². The second-order valence-corrected chi connectivity index (χ2v) is 9.39. The van der Waals surface area contributed by atoms with Crippen molar-refractivity contribution in [3.63, 3.8) is 0 Å². The van der Waals surface area contributed by atoms with E-state index < -0.39 is 11.3 Å². The molecule has 0 atom stereocenters. The molecule has 0 spiro atoms. The summed E-state index contributed by atoms with van der Waals surface area (Å²) in [6.07, 6.45) is 3.40. The Labute approximate surface area is 226 Å². The van der Waals surface area contributed by atoms with E-state index in [1.54, 1.807) is 30.3 Å². The fourth-order valence-corrected chi connectivity index (χ4v) is 3.78. The van der Waals surface area contributed by atoms with Gasteiger partial charge < -0.3 is 20.4 Å². The van der Waals surface area contributed by atoms with Crippen molar-refractivity contribution in [1.29, 1.82) is 0 Å². The Hall–Kier alpha value is -2.65. The number of halogens is 5. The molecular weight excluding hydrogens is 531 g/mol. The first kappa shape index (κ1) is 29.6. The Kier molecular flexibility index (Phi) is 9.53. The third-order valence-electron chi connectivity index (χ3n) is 5.48. The van der Waals surface area contributed by atoms with Crippen LogP contribution in [0.5, 0.6) is 11.5 Å². The zero-order valence-corrected chi connectivity index (χ0v) is 22.4. The van der Waals surface area contributed by atoms with Crippen molar-refractivity contribution >= 4 is 59.0 Å². The number of nitrogens with zero attached hydrogens (tertiary/aromatic N) is 3. The molecule has 4 aromatic rings. The van der Waals surface area contributed by atoms with Gasteiger partial charge >= 0.3 is 0 Å². The molecule has 0 saturated heterocycles. The molecule has 0 aliphatic heterocycles. The van der Waals surface area contributed by atoms with Gasteiger partial charge in [0, 0.05) is 36.0 Å². The predicted molar refractivity (Wildman–Crippen MR) is 146 cm³/mol. The van der Waals surface area contributed by atoms with Crippen LogP contribution in [0.2, 0.25) is 5.02 Å². The average molecular weight is 559 g/mol. The molecule has 0 saturated carbocycles. The van der Waals surface area contributed by atoms with E-state index in [9.17, 15) is 8.78 Å². The molecule has 3 N–H and O–H groups in total. The fourth-order valence-electron chi connectivity index (χ4n) is 3.56. The minimum atomic E-state index is -3.02. The number of nitrogens with one attached hydrogen (secondary N) is 1. The van der Waals surface area contributed by atoms with Crippen LogP contribution in [0.25, 0.3) is 11.0 Å². The van der Waals surface area contributed by atoms with Gasteiger partial charge in [-0.15, -0.1) is 24.8 Å². The van der Waals surface area contributed by atoms with Gasteiger partial charge in [-0.3, -0.25) is 0 Å². The first-order chi connectivity index (χ1) is 16.1. The summed E-state index contributed by atoms with van der Waals surface area (Å²) in [7, 11) is 0. The van der Waals surface area contributed by atoms with Crippen molar-refractivity contribution in [3.05, 3.63) is 71.6 Å². The first-order valence-corrected chi connectivity index (χ1v) is 11.2. The normalized spacial score (nSPS) is 11.5. The van der Waals surface area contributed by atoms with Gasteiger partial charge in [-0.25, -0.2) is 18.7 Å². The Morgan fingerprint density at radius 3 is 2.47 bits per heavy atom. The van der Waals surface area contributed by atoms with E-state index in [2.05, 4.69) is 15.3 Å². The van der Waals surface area contributed by atoms with Gasteiger partial charge in [0.05, 0.1) is 10.5 Å². The second kappa shape index (κ2) is 11.6. The minimum Gasteiger partial charge on any atom is -0.456 e. The molecular formula is C25H28Cl3F2N5O. The number of benzene rings is 2. The van der Waals surface area contributed by atoms with Crippen LogP contribution in [0.15, 0.2) is 61.1 Å². The number of fused-ring (bicyclic) bond motifs is 1. The van der Waals surface area contributed by atoms with Gasteiger partial charge in [0.1, 0.15) is 23.3 Å². The number of aromatic nitrogens is 3. The third-order valence-corrected chi connectivity index (χ3v) is 5.78.